The zero-order valence-electron chi connectivity index (χ0n) is 12.5. The van der Waals surface area contributed by atoms with Gasteiger partial charge in [0.25, 0.3) is 5.69 Å². The number of non-ortho nitro benzene ring substituents is 1. The largest absolute Gasteiger partial charge is 0.507 e. The maximum atomic E-state index is 10.7. The van der Waals surface area contributed by atoms with Crippen molar-refractivity contribution in [2.75, 3.05) is 20.3 Å². The zero-order valence-corrected chi connectivity index (χ0v) is 12.5. The lowest BCUT2D eigenvalue weighted by atomic mass is 10.2. The van der Waals surface area contributed by atoms with E-state index in [4.69, 9.17) is 9.47 Å². The first-order valence-electron chi connectivity index (χ1n) is 6.85. The molecular weight excluding hydrogens is 300 g/mol. The van der Waals surface area contributed by atoms with Crippen molar-refractivity contribution in [3.05, 3.63) is 58.1 Å². The molecule has 0 aromatic heterocycles. The van der Waals surface area contributed by atoms with Crippen LogP contribution in [0, 0.1) is 10.1 Å². The third-order valence-corrected chi connectivity index (χ3v) is 3.00. The Bertz CT molecular complexity index is 715. The zero-order chi connectivity index (χ0) is 16.7. The predicted octanol–water partition coefficient (Wildman–Crippen LogP) is 2.81. The van der Waals surface area contributed by atoms with E-state index in [2.05, 4.69) is 4.99 Å². The van der Waals surface area contributed by atoms with Gasteiger partial charge in [-0.25, -0.2) is 0 Å². The van der Waals surface area contributed by atoms with E-state index in [0.717, 1.165) is 0 Å². The highest BCUT2D eigenvalue weighted by Crippen LogP contribution is 2.25. The summed E-state index contributed by atoms with van der Waals surface area (Å²) >= 11 is 0. The Morgan fingerprint density at radius 2 is 2.00 bits per heavy atom. The maximum Gasteiger partial charge on any atom is 0.270 e. The van der Waals surface area contributed by atoms with Gasteiger partial charge in [-0.1, -0.05) is 12.1 Å². The van der Waals surface area contributed by atoms with E-state index < -0.39 is 4.92 Å². The molecule has 0 unspecified atom stereocenters. The lowest BCUT2D eigenvalue weighted by Crippen LogP contribution is -2.02. The summed E-state index contributed by atoms with van der Waals surface area (Å²) in [5.74, 6) is 1.18. The average molecular weight is 316 g/mol. The first kappa shape index (κ1) is 16.3. The van der Waals surface area contributed by atoms with Crippen molar-refractivity contribution in [2.45, 2.75) is 0 Å². The van der Waals surface area contributed by atoms with Gasteiger partial charge >= 0.3 is 0 Å². The van der Waals surface area contributed by atoms with Crippen LogP contribution in [0.5, 0.6) is 17.2 Å². The smallest absolute Gasteiger partial charge is 0.270 e. The molecular formula is C16H16N2O5. The number of aliphatic imine (C=N–C) groups is 1. The molecule has 0 spiro atoms. The highest BCUT2D eigenvalue weighted by Gasteiger charge is 2.08. The van der Waals surface area contributed by atoms with Crippen LogP contribution < -0.4 is 9.47 Å². The molecule has 23 heavy (non-hydrogen) atoms. The van der Waals surface area contributed by atoms with Crippen molar-refractivity contribution in [1.82, 2.24) is 0 Å². The summed E-state index contributed by atoms with van der Waals surface area (Å²) in [5, 5.41) is 20.4. The normalized spacial score (nSPS) is 10.7. The Hall–Kier alpha value is -3.09. The Balaban J connectivity index is 1.92. The third-order valence-electron chi connectivity index (χ3n) is 3.00. The molecule has 7 heteroatoms. The second-order valence-corrected chi connectivity index (χ2v) is 4.53. The second kappa shape index (κ2) is 7.79. The number of nitro groups is 1. The fraction of sp³-hybridized carbons (Fsp3) is 0.188. The van der Waals surface area contributed by atoms with E-state index in [1.54, 1.807) is 19.2 Å². The summed E-state index contributed by atoms with van der Waals surface area (Å²) in [5.41, 5.74) is 0.186. The van der Waals surface area contributed by atoms with Gasteiger partial charge < -0.3 is 14.6 Å². The molecule has 7 nitrogen and oxygen atoms in total. The number of aromatic hydroxyl groups is 1. The molecule has 0 atom stereocenters. The molecule has 120 valence electrons. The van der Waals surface area contributed by atoms with Crippen molar-refractivity contribution in [1.29, 1.82) is 0 Å². The highest BCUT2D eigenvalue weighted by molar-refractivity contribution is 5.84. The van der Waals surface area contributed by atoms with E-state index in [-0.39, 0.29) is 17.0 Å². The number of phenols is 1. The number of hydrogen-bond donors (Lipinski definition) is 1. The number of methoxy groups -OCH3 is 1. The Morgan fingerprint density at radius 1 is 1.26 bits per heavy atom. The lowest BCUT2D eigenvalue weighted by Gasteiger charge is -2.08. The molecule has 0 aliphatic carbocycles. The van der Waals surface area contributed by atoms with Crippen LogP contribution in [-0.2, 0) is 0 Å². The van der Waals surface area contributed by atoms with Crippen molar-refractivity contribution < 1.29 is 19.5 Å². The van der Waals surface area contributed by atoms with Crippen LogP contribution in [0.2, 0.25) is 0 Å². The van der Waals surface area contributed by atoms with Crippen LogP contribution in [0.4, 0.5) is 5.69 Å². The van der Waals surface area contributed by atoms with Gasteiger partial charge in [0, 0.05) is 23.9 Å². The van der Waals surface area contributed by atoms with E-state index in [9.17, 15) is 15.2 Å². The minimum absolute atomic E-state index is 0.0648. The Kier molecular flexibility index (Phi) is 5.51. The van der Waals surface area contributed by atoms with Crippen LogP contribution >= 0.6 is 0 Å². The topological polar surface area (TPSA) is 94.2 Å². The van der Waals surface area contributed by atoms with Gasteiger partial charge in [0.05, 0.1) is 18.6 Å². The van der Waals surface area contributed by atoms with Gasteiger partial charge in [-0.3, -0.25) is 15.1 Å². The van der Waals surface area contributed by atoms with Crippen LogP contribution in [0.15, 0.2) is 47.5 Å². The quantitative estimate of drug-likeness (QED) is 0.367. The first-order valence-corrected chi connectivity index (χ1v) is 6.85. The predicted molar refractivity (Wildman–Crippen MR) is 85.7 cm³/mol. The first-order chi connectivity index (χ1) is 11.1. The SMILES string of the molecule is COc1ccccc1OCCN=Cc1cc([N+](=O)[O-])ccc1O. The van der Waals surface area contributed by atoms with Crippen molar-refractivity contribution in [3.63, 3.8) is 0 Å². The van der Waals surface area contributed by atoms with Crippen LogP contribution in [-0.4, -0.2) is 36.5 Å². The summed E-state index contributed by atoms with van der Waals surface area (Å²) in [6.45, 7) is 0.646. The van der Waals surface area contributed by atoms with Gasteiger partial charge in [-0.05, 0) is 18.2 Å². The maximum absolute atomic E-state index is 10.7. The number of rotatable bonds is 7. The Labute approximate surface area is 133 Å². The molecule has 0 radical (unpaired) electrons. The third kappa shape index (κ3) is 4.44. The second-order valence-electron chi connectivity index (χ2n) is 4.53. The van der Waals surface area contributed by atoms with Gasteiger partial charge in [0.15, 0.2) is 11.5 Å². The highest BCUT2D eigenvalue weighted by atomic mass is 16.6. The van der Waals surface area contributed by atoms with E-state index in [1.165, 1.54) is 24.4 Å². The number of para-hydroxylation sites is 2. The summed E-state index contributed by atoms with van der Waals surface area (Å²) in [6.07, 6.45) is 1.38. The Morgan fingerprint density at radius 3 is 2.70 bits per heavy atom. The molecule has 0 saturated carbocycles. The molecule has 0 heterocycles. The molecule has 0 aliphatic rings. The van der Waals surface area contributed by atoms with Crippen molar-refractivity contribution >= 4 is 11.9 Å². The average Bonchev–Trinajstić information content (AvgIpc) is 2.56. The van der Waals surface area contributed by atoms with Gasteiger partial charge in [-0.2, -0.15) is 0 Å². The molecule has 0 saturated heterocycles. The number of nitrogens with zero attached hydrogens (tertiary/aromatic N) is 2. The molecule has 2 rings (SSSR count). The molecule has 0 aliphatic heterocycles. The van der Waals surface area contributed by atoms with Crippen molar-refractivity contribution in [2.24, 2.45) is 4.99 Å². The summed E-state index contributed by atoms with van der Waals surface area (Å²) in [7, 11) is 1.56. The number of ether oxygens (including phenoxy) is 2. The van der Waals surface area contributed by atoms with Gasteiger partial charge in [-0.15, -0.1) is 0 Å². The monoisotopic (exact) mass is 316 g/mol. The van der Waals surface area contributed by atoms with Crippen LogP contribution in [0.1, 0.15) is 5.56 Å². The molecule has 2 aromatic rings. The molecule has 2 aromatic carbocycles. The van der Waals surface area contributed by atoms with Crippen molar-refractivity contribution in [3.8, 4) is 17.2 Å². The number of hydrogen-bond acceptors (Lipinski definition) is 6. The summed E-state index contributed by atoms with van der Waals surface area (Å²) in [6, 6.07) is 11.0. The van der Waals surface area contributed by atoms with Crippen LogP contribution in [0.25, 0.3) is 0 Å². The van der Waals surface area contributed by atoms with Crippen LogP contribution in [0.3, 0.4) is 0 Å². The molecule has 0 fully saturated rings. The van der Waals surface area contributed by atoms with E-state index >= 15 is 0 Å². The van der Waals surface area contributed by atoms with E-state index in [0.29, 0.717) is 24.7 Å². The fourth-order valence-electron chi connectivity index (χ4n) is 1.87. The van der Waals surface area contributed by atoms with Gasteiger partial charge in [0.1, 0.15) is 12.4 Å². The minimum atomic E-state index is -0.526. The lowest BCUT2D eigenvalue weighted by molar-refractivity contribution is -0.384. The molecule has 0 bridgehead atoms. The molecule has 0 amide bonds. The standard InChI is InChI=1S/C16H16N2O5/c1-22-15-4-2-3-5-16(15)23-9-8-17-11-12-10-13(18(20)21)6-7-14(12)19/h2-7,10-11,19H,8-9H2,1H3. The van der Waals surface area contributed by atoms with Gasteiger partial charge in [0.2, 0.25) is 0 Å². The number of nitro benzene ring substituents is 1. The minimum Gasteiger partial charge on any atom is -0.507 e. The number of benzene rings is 2. The van der Waals surface area contributed by atoms with E-state index in [1.807, 2.05) is 12.1 Å². The summed E-state index contributed by atoms with van der Waals surface area (Å²) < 4.78 is 10.7. The molecule has 1 N–H and O–H groups in total. The summed E-state index contributed by atoms with van der Waals surface area (Å²) in [4.78, 5) is 14.3. The number of phenolic OH excluding ortho intramolecular Hbond substituents is 1. The fourth-order valence-corrected chi connectivity index (χ4v) is 1.87.